The lowest BCUT2D eigenvalue weighted by molar-refractivity contribution is -0.142. The van der Waals surface area contributed by atoms with Gasteiger partial charge in [0.05, 0.1) is 28.8 Å². The van der Waals surface area contributed by atoms with Crippen molar-refractivity contribution in [3.8, 4) is 11.5 Å². The molecule has 1 aliphatic heterocycles. The van der Waals surface area contributed by atoms with E-state index in [-0.39, 0.29) is 12.5 Å². The second-order valence-corrected chi connectivity index (χ2v) is 9.01. The number of esters is 1. The molecule has 0 unspecified atom stereocenters. The van der Waals surface area contributed by atoms with Crippen molar-refractivity contribution in [3.63, 3.8) is 0 Å². The average Bonchev–Trinajstić information content (AvgIpc) is 3.00. The van der Waals surface area contributed by atoms with Crippen LogP contribution in [0.15, 0.2) is 45.8 Å². The molecule has 162 valence electrons. The number of ether oxygens (including phenoxy) is 3. The van der Waals surface area contributed by atoms with E-state index in [9.17, 15) is 9.59 Å². The van der Waals surface area contributed by atoms with Crippen molar-refractivity contribution in [2.45, 2.75) is 13.8 Å². The first-order valence-electron chi connectivity index (χ1n) is 9.34. The van der Waals surface area contributed by atoms with Crippen molar-refractivity contribution >= 4 is 67.9 Å². The number of rotatable bonds is 7. The molecule has 0 radical (unpaired) electrons. The summed E-state index contributed by atoms with van der Waals surface area (Å²) >= 11 is 10.2. The summed E-state index contributed by atoms with van der Waals surface area (Å²) in [4.78, 5) is 26.5. The number of carbonyl (C=O) groups excluding carboxylic acids is 2. The van der Waals surface area contributed by atoms with Crippen LogP contribution in [-0.4, -0.2) is 36.5 Å². The van der Waals surface area contributed by atoms with Gasteiger partial charge in [0.25, 0.3) is 5.91 Å². The summed E-state index contributed by atoms with van der Waals surface area (Å²) in [5.74, 6) is 0.150. The molecule has 0 atom stereocenters. The van der Waals surface area contributed by atoms with E-state index in [4.69, 9.17) is 21.7 Å². The van der Waals surface area contributed by atoms with Crippen LogP contribution in [0.5, 0.6) is 11.5 Å². The number of carbonyl (C=O) groups is 2. The first-order chi connectivity index (χ1) is 14.8. The number of thiocarbonyl (C=S) groups is 1. The Kier molecular flexibility index (Phi) is 7.74. The molecule has 1 fully saturated rings. The van der Waals surface area contributed by atoms with Gasteiger partial charge in [0.15, 0.2) is 22.4 Å². The Bertz CT molecular complexity index is 1070. The minimum absolute atomic E-state index is 0.180. The summed E-state index contributed by atoms with van der Waals surface area (Å²) in [5.41, 5.74) is 2.52. The zero-order valence-electron chi connectivity index (χ0n) is 17.1. The molecule has 0 spiro atoms. The summed E-state index contributed by atoms with van der Waals surface area (Å²) in [6.07, 6.45) is 1.76. The Morgan fingerprint density at radius 1 is 1.26 bits per heavy atom. The van der Waals surface area contributed by atoms with Crippen LogP contribution in [0.3, 0.4) is 0 Å². The summed E-state index contributed by atoms with van der Waals surface area (Å²) < 4.78 is 16.9. The molecule has 0 aromatic heterocycles. The molecule has 3 rings (SSSR count). The molecule has 1 saturated heterocycles. The molecule has 31 heavy (non-hydrogen) atoms. The van der Waals surface area contributed by atoms with Crippen LogP contribution in [0.2, 0.25) is 0 Å². The van der Waals surface area contributed by atoms with Gasteiger partial charge in [-0.25, -0.2) is 4.79 Å². The van der Waals surface area contributed by atoms with Gasteiger partial charge in [-0.2, -0.15) is 0 Å². The van der Waals surface area contributed by atoms with Gasteiger partial charge in [-0.3, -0.25) is 9.69 Å². The van der Waals surface area contributed by atoms with Crippen molar-refractivity contribution in [2.24, 2.45) is 0 Å². The molecule has 9 heteroatoms. The Morgan fingerprint density at radius 2 is 2.03 bits per heavy atom. The van der Waals surface area contributed by atoms with E-state index in [1.807, 2.05) is 38.1 Å². The fourth-order valence-corrected chi connectivity index (χ4v) is 4.75. The predicted molar refractivity (Wildman–Crippen MR) is 130 cm³/mol. The Morgan fingerprint density at radius 3 is 2.71 bits per heavy atom. The molecule has 1 heterocycles. The molecular weight excluding hydrogens is 502 g/mol. The van der Waals surface area contributed by atoms with Crippen molar-refractivity contribution < 1.29 is 23.8 Å². The van der Waals surface area contributed by atoms with Crippen molar-refractivity contribution in [1.82, 2.24) is 0 Å². The molecule has 0 aliphatic carbocycles. The largest absolute Gasteiger partial charge is 0.490 e. The van der Waals surface area contributed by atoms with Crippen LogP contribution in [-0.2, 0) is 14.3 Å². The highest BCUT2D eigenvalue weighted by Gasteiger charge is 2.33. The van der Waals surface area contributed by atoms with Gasteiger partial charge >= 0.3 is 5.97 Å². The summed E-state index contributed by atoms with van der Waals surface area (Å²) in [6, 6.07) is 11.2. The van der Waals surface area contributed by atoms with E-state index in [1.54, 1.807) is 18.2 Å². The van der Waals surface area contributed by atoms with Gasteiger partial charge in [-0.1, -0.05) is 36.1 Å². The highest BCUT2D eigenvalue weighted by molar-refractivity contribution is 9.10. The van der Waals surface area contributed by atoms with Crippen LogP contribution in [0.1, 0.15) is 18.1 Å². The molecular formula is C22H20BrNO5S2. The topological polar surface area (TPSA) is 65.1 Å². The second-order valence-electron chi connectivity index (χ2n) is 6.48. The van der Waals surface area contributed by atoms with E-state index < -0.39 is 5.97 Å². The number of methoxy groups -OCH3 is 1. The average molecular weight is 522 g/mol. The fourth-order valence-electron chi connectivity index (χ4n) is 2.87. The fraction of sp³-hybridized carbons (Fsp3) is 0.227. The smallest absolute Gasteiger partial charge is 0.343 e. The first kappa shape index (κ1) is 23.3. The number of thioether (sulfide) groups is 1. The zero-order valence-corrected chi connectivity index (χ0v) is 20.4. The number of halogens is 1. The van der Waals surface area contributed by atoms with Gasteiger partial charge in [-0.05, 0) is 71.2 Å². The number of benzene rings is 2. The molecule has 6 nitrogen and oxygen atoms in total. The summed E-state index contributed by atoms with van der Waals surface area (Å²) in [7, 11) is 1.29. The lowest BCUT2D eigenvalue weighted by Crippen LogP contribution is -2.27. The van der Waals surface area contributed by atoms with Gasteiger partial charge in [0.1, 0.15) is 0 Å². The maximum absolute atomic E-state index is 13.0. The van der Waals surface area contributed by atoms with Crippen LogP contribution < -0.4 is 14.4 Å². The number of hydrogen-bond donors (Lipinski definition) is 0. The molecule has 0 saturated carbocycles. The third kappa shape index (κ3) is 5.47. The van der Waals surface area contributed by atoms with E-state index in [0.717, 1.165) is 16.8 Å². The Balaban J connectivity index is 1.91. The standard InChI is InChI=1S/C22H20BrNO5S2/c1-4-28-17-10-14(9-16(23)20(17)29-12-19(25)27-3)11-18-21(26)24(22(30)31-18)15-7-5-6-13(2)8-15/h5-11H,4,12H2,1-3H3/b18-11+. The van der Waals surface area contributed by atoms with Gasteiger partial charge in [0, 0.05) is 0 Å². The lowest BCUT2D eigenvalue weighted by Gasteiger charge is -2.15. The van der Waals surface area contributed by atoms with Gasteiger partial charge in [0.2, 0.25) is 0 Å². The zero-order chi connectivity index (χ0) is 22.5. The Hall–Kier alpha value is -2.36. The van der Waals surface area contributed by atoms with E-state index in [0.29, 0.717) is 31.8 Å². The molecule has 0 N–H and O–H groups in total. The normalized spacial score (nSPS) is 14.8. The van der Waals surface area contributed by atoms with E-state index in [2.05, 4.69) is 20.7 Å². The number of aryl methyl sites for hydroxylation is 1. The minimum Gasteiger partial charge on any atom is -0.490 e. The van der Waals surface area contributed by atoms with Crippen molar-refractivity contribution in [2.75, 3.05) is 25.2 Å². The maximum atomic E-state index is 13.0. The SMILES string of the molecule is CCOc1cc(/C=C2/SC(=S)N(c3cccc(C)c3)C2=O)cc(Br)c1OCC(=O)OC. The second kappa shape index (κ2) is 10.3. The number of amides is 1. The predicted octanol–water partition coefficient (Wildman–Crippen LogP) is 5.11. The number of anilines is 1. The van der Waals surface area contributed by atoms with E-state index in [1.165, 1.54) is 23.8 Å². The van der Waals surface area contributed by atoms with Crippen LogP contribution in [0, 0.1) is 6.92 Å². The Labute approximate surface area is 198 Å². The summed E-state index contributed by atoms with van der Waals surface area (Å²) in [6.45, 7) is 3.97. The van der Waals surface area contributed by atoms with Crippen LogP contribution in [0.4, 0.5) is 5.69 Å². The van der Waals surface area contributed by atoms with Crippen molar-refractivity contribution in [1.29, 1.82) is 0 Å². The molecule has 0 bridgehead atoms. The summed E-state index contributed by atoms with van der Waals surface area (Å²) in [5, 5.41) is 0. The lowest BCUT2D eigenvalue weighted by atomic mass is 10.1. The molecule has 2 aromatic carbocycles. The molecule has 1 aliphatic rings. The monoisotopic (exact) mass is 521 g/mol. The third-order valence-electron chi connectivity index (χ3n) is 4.25. The van der Waals surface area contributed by atoms with Gasteiger partial charge < -0.3 is 14.2 Å². The quantitative estimate of drug-likeness (QED) is 0.284. The van der Waals surface area contributed by atoms with Crippen LogP contribution >= 0.6 is 39.9 Å². The highest BCUT2D eigenvalue weighted by atomic mass is 79.9. The minimum atomic E-state index is -0.502. The number of nitrogens with zero attached hydrogens (tertiary/aromatic N) is 1. The maximum Gasteiger partial charge on any atom is 0.343 e. The number of hydrogen-bond acceptors (Lipinski definition) is 7. The highest BCUT2D eigenvalue weighted by Crippen LogP contribution is 2.40. The van der Waals surface area contributed by atoms with Crippen molar-refractivity contribution in [3.05, 3.63) is 56.9 Å². The van der Waals surface area contributed by atoms with Gasteiger partial charge in [-0.15, -0.1) is 0 Å². The molecule has 1 amide bonds. The van der Waals surface area contributed by atoms with E-state index >= 15 is 0 Å². The first-order valence-corrected chi connectivity index (χ1v) is 11.4. The third-order valence-corrected chi connectivity index (χ3v) is 6.14. The van der Waals surface area contributed by atoms with Crippen LogP contribution in [0.25, 0.3) is 6.08 Å². The molecule has 2 aromatic rings.